The van der Waals surface area contributed by atoms with E-state index in [2.05, 4.69) is 21.1 Å². The molecular formula is C34H35N5O3. The molecule has 4 aromatic carbocycles. The summed E-state index contributed by atoms with van der Waals surface area (Å²) >= 11 is 0. The zero-order chi connectivity index (χ0) is 28.7. The Bertz CT molecular complexity index is 1530. The van der Waals surface area contributed by atoms with E-state index in [-0.39, 0.29) is 24.0 Å². The monoisotopic (exact) mass is 561 g/mol. The third-order valence-electron chi connectivity index (χ3n) is 7.91. The van der Waals surface area contributed by atoms with Crippen LogP contribution >= 0.6 is 0 Å². The molecule has 0 bridgehead atoms. The quantitative estimate of drug-likeness (QED) is 0.147. The van der Waals surface area contributed by atoms with Crippen molar-refractivity contribution in [2.45, 2.75) is 36.9 Å². The normalized spacial score (nSPS) is 17.8. The number of aromatic amines is 1. The number of H-pyrrole nitrogens is 1. The second kappa shape index (κ2) is 13.1. The Balaban J connectivity index is 1.10. The van der Waals surface area contributed by atoms with Crippen LogP contribution in [0.5, 0.6) is 0 Å². The van der Waals surface area contributed by atoms with E-state index in [9.17, 15) is 10.0 Å². The van der Waals surface area contributed by atoms with Gasteiger partial charge in [0.2, 0.25) is 5.91 Å². The summed E-state index contributed by atoms with van der Waals surface area (Å²) < 4.78 is 6.22. The minimum Gasteiger partial charge on any atom is -0.375 e. The van der Waals surface area contributed by atoms with Crippen molar-refractivity contribution in [3.63, 3.8) is 0 Å². The Kier molecular flexibility index (Phi) is 8.67. The zero-order valence-corrected chi connectivity index (χ0v) is 23.2. The number of benzene rings is 4. The van der Waals surface area contributed by atoms with Gasteiger partial charge in [-0.25, -0.2) is 4.98 Å². The van der Waals surface area contributed by atoms with Crippen LogP contribution in [0, 0.1) is 0 Å². The molecule has 8 nitrogen and oxygen atoms in total. The number of ether oxygens (including phenoxy) is 1. The molecular weight excluding hydrogens is 526 g/mol. The molecule has 42 heavy (non-hydrogen) atoms. The molecule has 6 rings (SSSR count). The number of aromatic nitrogens is 2. The van der Waals surface area contributed by atoms with Crippen LogP contribution in [0.15, 0.2) is 109 Å². The predicted octanol–water partition coefficient (Wildman–Crippen LogP) is 5.34. The van der Waals surface area contributed by atoms with Gasteiger partial charge in [-0.2, -0.15) is 5.48 Å². The highest BCUT2D eigenvalue weighted by Gasteiger charge is 2.31. The molecule has 0 spiro atoms. The number of aryl methyl sites for hydroxylation is 1. The van der Waals surface area contributed by atoms with Crippen molar-refractivity contribution in [2.24, 2.45) is 0 Å². The Morgan fingerprint density at radius 1 is 0.905 bits per heavy atom. The molecule has 5 aromatic rings. The van der Waals surface area contributed by atoms with E-state index >= 15 is 0 Å². The number of morpholine rings is 1. The number of para-hydroxylation sites is 3. The number of hydrogen-bond acceptors (Lipinski definition) is 6. The second-order valence-corrected chi connectivity index (χ2v) is 10.6. The molecule has 1 fully saturated rings. The average molecular weight is 562 g/mol. The first-order valence-electron chi connectivity index (χ1n) is 14.4. The molecule has 0 unspecified atom stereocenters. The van der Waals surface area contributed by atoms with Crippen LogP contribution in [0.3, 0.4) is 0 Å². The Labute approximate surface area is 245 Å². The number of amides is 1. The molecule has 1 aliphatic heterocycles. The van der Waals surface area contributed by atoms with Crippen molar-refractivity contribution in [3.8, 4) is 0 Å². The standard InChI is InChI=1S/C34H35N5O3/c40-34(32(39-41)31(24-12-3-1-4-13-24)25-14-5-2-6-15-25)38-27-16-8-7-11-23(27)19-20-26-21-35-30(22-42-26)33-36-28-17-9-10-18-29(28)37-33/h1-18,26,30-32,35,39,41H,19-22H2,(H,36,37)(H,38,40)/t26-,30+,32+/m1/s1. The highest BCUT2D eigenvalue weighted by Crippen LogP contribution is 2.29. The van der Waals surface area contributed by atoms with E-state index in [1.54, 1.807) is 0 Å². The van der Waals surface area contributed by atoms with E-state index in [1.165, 1.54) is 0 Å². The first kappa shape index (κ1) is 27.8. The maximum Gasteiger partial charge on any atom is 0.244 e. The van der Waals surface area contributed by atoms with E-state index in [1.807, 2.05) is 109 Å². The number of anilines is 1. The summed E-state index contributed by atoms with van der Waals surface area (Å²) in [7, 11) is 0. The Hall–Kier alpha value is -4.34. The van der Waals surface area contributed by atoms with Crippen LogP contribution in [-0.4, -0.2) is 46.4 Å². The minimum atomic E-state index is -0.899. The van der Waals surface area contributed by atoms with Crippen LogP contribution in [0.1, 0.15) is 40.9 Å². The van der Waals surface area contributed by atoms with Crippen LogP contribution in [0.2, 0.25) is 0 Å². The number of hydrogen-bond donors (Lipinski definition) is 5. The van der Waals surface area contributed by atoms with E-state index in [4.69, 9.17) is 9.72 Å². The molecule has 1 aromatic heterocycles. The second-order valence-electron chi connectivity index (χ2n) is 10.6. The highest BCUT2D eigenvalue weighted by molar-refractivity contribution is 5.96. The summed E-state index contributed by atoms with van der Waals surface area (Å²) in [5.41, 5.74) is 7.88. The number of carbonyl (C=O) groups is 1. The van der Waals surface area contributed by atoms with Crippen molar-refractivity contribution in [1.29, 1.82) is 0 Å². The maximum atomic E-state index is 13.6. The van der Waals surface area contributed by atoms with Gasteiger partial charge in [-0.05, 0) is 47.7 Å². The summed E-state index contributed by atoms with van der Waals surface area (Å²) in [4.78, 5) is 21.7. The number of nitrogens with zero attached hydrogens (tertiary/aromatic N) is 1. The first-order valence-corrected chi connectivity index (χ1v) is 14.4. The summed E-state index contributed by atoms with van der Waals surface area (Å²) in [6.45, 7) is 1.25. The Morgan fingerprint density at radius 2 is 1.57 bits per heavy atom. The van der Waals surface area contributed by atoms with Gasteiger partial charge in [-0.3, -0.25) is 4.79 Å². The van der Waals surface area contributed by atoms with E-state index < -0.39 is 6.04 Å². The number of nitrogens with one attached hydrogen (secondary N) is 4. The van der Waals surface area contributed by atoms with Gasteiger partial charge in [0.05, 0.1) is 29.8 Å². The van der Waals surface area contributed by atoms with Crippen molar-refractivity contribution in [3.05, 3.63) is 132 Å². The van der Waals surface area contributed by atoms with E-state index in [0.717, 1.165) is 52.1 Å². The molecule has 214 valence electrons. The van der Waals surface area contributed by atoms with Crippen LogP contribution in [-0.2, 0) is 16.0 Å². The molecule has 5 N–H and O–H groups in total. The van der Waals surface area contributed by atoms with Gasteiger partial charge in [0.25, 0.3) is 0 Å². The van der Waals surface area contributed by atoms with E-state index in [0.29, 0.717) is 13.2 Å². The third kappa shape index (κ3) is 6.27. The lowest BCUT2D eigenvalue weighted by molar-refractivity contribution is -0.121. The van der Waals surface area contributed by atoms with Gasteiger partial charge < -0.3 is 25.6 Å². The molecule has 1 saturated heterocycles. The number of carbonyl (C=O) groups excluding carboxylic acids is 1. The van der Waals surface area contributed by atoms with Gasteiger partial charge in [-0.1, -0.05) is 91.0 Å². The van der Waals surface area contributed by atoms with Crippen LogP contribution in [0.25, 0.3) is 11.0 Å². The average Bonchev–Trinajstić information content (AvgIpc) is 3.49. The molecule has 3 atom stereocenters. The van der Waals surface area contributed by atoms with Crippen molar-refractivity contribution < 1.29 is 14.7 Å². The molecule has 0 saturated carbocycles. The predicted molar refractivity (Wildman–Crippen MR) is 163 cm³/mol. The molecule has 8 heteroatoms. The fourth-order valence-corrected chi connectivity index (χ4v) is 5.69. The lowest BCUT2D eigenvalue weighted by Crippen LogP contribution is -2.44. The van der Waals surface area contributed by atoms with Crippen LogP contribution in [0.4, 0.5) is 5.69 Å². The molecule has 1 aliphatic rings. The van der Waals surface area contributed by atoms with Gasteiger partial charge in [0, 0.05) is 18.2 Å². The summed E-state index contributed by atoms with van der Waals surface area (Å²) in [6, 6.07) is 34.5. The number of fused-ring (bicyclic) bond motifs is 1. The molecule has 0 radical (unpaired) electrons. The Morgan fingerprint density at radius 3 is 2.24 bits per heavy atom. The zero-order valence-electron chi connectivity index (χ0n) is 23.2. The molecule has 1 amide bonds. The molecule has 0 aliphatic carbocycles. The van der Waals surface area contributed by atoms with Gasteiger partial charge in [-0.15, -0.1) is 0 Å². The topological polar surface area (TPSA) is 111 Å². The lowest BCUT2D eigenvalue weighted by Gasteiger charge is -2.29. The smallest absolute Gasteiger partial charge is 0.244 e. The number of imidazole rings is 1. The fraction of sp³-hybridized carbons (Fsp3) is 0.235. The number of rotatable bonds is 10. The van der Waals surface area contributed by atoms with Crippen molar-refractivity contribution in [2.75, 3.05) is 18.5 Å². The van der Waals surface area contributed by atoms with Gasteiger partial charge >= 0.3 is 0 Å². The molecule has 2 heterocycles. The summed E-state index contributed by atoms with van der Waals surface area (Å²) in [5, 5.41) is 16.9. The van der Waals surface area contributed by atoms with Gasteiger partial charge in [0.15, 0.2) is 0 Å². The lowest BCUT2D eigenvalue weighted by atomic mass is 9.85. The SMILES string of the molecule is O=C(Nc1ccccc1CC[C@@H]1CN[C@H](c2nc3ccccc3[nH]2)CO1)[C@@H](NO)C(c1ccccc1)c1ccccc1. The number of hydroxylamine groups is 1. The van der Waals surface area contributed by atoms with Crippen LogP contribution < -0.4 is 16.1 Å². The van der Waals surface area contributed by atoms with Gasteiger partial charge in [0.1, 0.15) is 11.9 Å². The summed E-state index contributed by atoms with van der Waals surface area (Å²) in [6.07, 6.45) is 1.57. The fourth-order valence-electron chi connectivity index (χ4n) is 5.69. The minimum absolute atomic E-state index is 0.0188. The largest absolute Gasteiger partial charge is 0.375 e. The maximum absolute atomic E-state index is 13.6. The van der Waals surface area contributed by atoms with Crippen molar-refractivity contribution in [1.82, 2.24) is 20.8 Å². The third-order valence-corrected chi connectivity index (χ3v) is 7.91. The first-order chi connectivity index (χ1) is 20.7. The highest BCUT2D eigenvalue weighted by atomic mass is 16.5. The summed E-state index contributed by atoms with van der Waals surface area (Å²) in [5.74, 6) is 0.192. The van der Waals surface area contributed by atoms with Crippen molar-refractivity contribution >= 4 is 22.6 Å².